The van der Waals surface area contributed by atoms with Crippen LogP contribution in [0.4, 0.5) is 0 Å². The zero-order valence-corrected chi connectivity index (χ0v) is 11.1. The van der Waals surface area contributed by atoms with E-state index in [1.54, 1.807) is 0 Å². The van der Waals surface area contributed by atoms with Gasteiger partial charge in [-0.3, -0.25) is 5.10 Å². The van der Waals surface area contributed by atoms with Crippen molar-refractivity contribution < 1.29 is 8.42 Å². The highest BCUT2D eigenvalue weighted by molar-refractivity contribution is 7.99. The lowest BCUT2D eigenvalue weighted by Crippen LogP contribution is -2.39. The molecule has 17 heavy (non-hydrogen) atoms. The largest absolute Gasteiger partial charge is 0.300 e. The molecule has 1 saturated heterocycles. The van der Waals surface area contributed by atoms with Crippen LogP contribution >= 0.6 is 11.8 Å². The van der Waals surface area contributed by atoms with Crippen molar-refractivity contribution in [1.82, 2.24) is 19.8 Å². The fourth-order valence-electron chi connectivity index (χ4n) is 1.63. The quantitative estimate of drug-likeness (QED) is 0.774. The van der Waals surface area contributed by atoms with Crippen molar-refractivity contribution in [2.24, 2.45) is 0 Å². The van der Waals surface area contributed by atoms with Gasteiger partial charge in [0.2, 0.25) is 0 Å². The Hall–Kier alpha value is -0.570. The number of hydrogen-bond donors (Lipinski definition) is 2. The van der Waals surface area contributed by atoms with Gasteiger partial charge in [0, 0.05) is 37.7 Å². The molecule has 6 nitrogen and oxygen atoms in total. The monoisotopic (exact) mass is 276 g/mol. The number of sulfonamides is 1. The van der Waals surface area contributed by atoms with Crippen molar-refractivity contribution in [1.29, 1.82) is 0 Å². The third kappa shape index (κ3) is 3.70. The van der Waals surface area contributed by atoms with E-state index in [2.05, 4.69) is 19.8 Å². The van der Waals surface area contributed by atoms with Crippen LogP contribution in [0, 0.1) is 0 Å². The lowest BCUT2D eigenvalue weighted by atomic mass is 10.5. The Bertz CT molecular complexity index is 426. The summed E-state index contributed by atoms with van der Waals surface area (Å²) in [4.78, 5) is 2.27. The van der Waals surface area contributed by atoms with Crippen LogP contribution in [0.2, 0.25) is 0 Å². The number of rotatable bonds is 5. The van der Waals surface area contributed by atoms with Crippen molar-refractivity contribution in [3.05, 3.63) is 12.3 Å². The van der Waals surface area contributed by atoms with Crippen molar-refractivity contribution in [2.75, 3.05) is 37.7 Å². The van der Waals surface area contributed by atoms with Crippen molar-refractivity contribution in [2.45, 2.75) is 5.03 Å². The van der Waals surface area contributed by atoms with E-state index in [1.165, 1.54) is 12.3 Å². The Morgan fingerprint density at radius 1 is 1.47 bits per heavy atom. The molecule has 0 saturated carbocycles. The molecular weight excluding hydrogens is 260 g/mol. The minimum Gasteiger partial charge on any atom is -0.300 e. The van der Waals surface area contributed by atoms with Gasteiger partial charge in [-0.2, -0.15) is 16.9 Å². The molecule has 1 aromatic rings. The molecule has 0 aliphatic carbocycles. The minimum absolute atomic E-state index is 0.117. The van der Waals surface area contributed by atoms with E-state index in [0.29, 0.717) is 6.54 Å². The summed E-state index contributed by atoms with van der Waals surface area (Å²) in [7, 11) is -3.42. The maximum absolute atomic E-state index is 11.7. The van der Waals surface area contributed by atoms with Gasteiger partial charge in [-0.05, 0) is 6.07 Å². The highest BCUT2D eigenvalue weighted by atomic mass is 32.2. The summed E-state index contributed by atoms with van der Waals surface area (Å²) in [5.74, 6) is 2.26. The minimum atomic E-state index is -3.42. The maximum atomic E-state index is 11.7. The SMILES string of the molecule is O=S(=O)(NCCN1CCSCC1)c1ccn[nH]1. The van der Waals surface area contributed by atoms with E-state index in [4.69, 9.17) is 0 Å². The van der Waals surface area contributed by atoms with Crippen LogP contribution < -0.4 is 4.72 Å². The van der Waals surface area contributed by atoms with Gasteiger partial charge in [0.15, 0.2) is 5.03 Å². The van der Waals surface area contributed by atoms with Crippen LogP contribution in [0.3, 0.4) is 0 Å². The van der Waals surface area contributed by atoms with Crippen LogP contribution in [-0.4, -0.2) is 61.2 Å². The predicted molar refractivity (Wildman–Crippen MR) is 67.5 cm³/mol. The van der Waals surface area contributed by atoms with E-state index < -0.39 is 10.0 Å². The third-order valence-corrected chi connectivity index (χ3v) is 4.92. The highest BCUT2D eigenvalue weighted by Crippen LogP contribution is 2.08. The third-order valence-electron chi connectivity index (χ3n) is 2.59. The van der Waals surface area contributed by atoms with Gasteiger partial charge in [-0.1, -0.05) is 0 Å². The Balaban J connectivity index is 1.78. The highest BCUT2D eigenvalue weighted by Gasteiger charge is 2.16. The summed E-state index contributed by atoms with van der Waals surface area (Å²) in [6.07, 6.45) is 1.43. The molecule has 2 heterocycles. The molecule has 0 atom stereocenters. The topological polar surface area (TPSA) is 78.1 Å². The zero-order valence-electron chi connectivity index (χ0n) is 9.42. The molecule has 2 N–H and O–H groups in total. The fraction of sp³-hybridized carbons (Fsp3) is 0.667. The first-order valence-corrected chi connectivity index (χ1v) is 8.11. The van der Waals surface area contributed by atoms with Gasteiger partial charge >= 0.3 is 0 Å². The number of nitrogens with zero attached hydrogens (tertiary/aromatic N) is 2. The zero-order chi connectivity index (χ0) is 12.1. The Labute approximate surface area is 105 Å². The molecule has 8 heteroatoms. The molecule has 1 aromatic heterocycles. The molecule has 0 bridgehead atoms. The maximum Gasteiger partial charge on any atom is 0.257 e. The Morgan fingerprint density at radius 3 is 2.88 bits per heavy atom. The molecule has 1 aliphatic heterocycles. The summed E-state index contributed by atoms with van der Waals surface area (Å²) in [6.45, 7) is 3.27. The number of aromatic nitrogens is 2. The molecule has 0 radical (unpaired) electrons. The van der Waals surface area contributed by atoms with E-state index in [-0.39, 0.29) is 5.03 Å². The second-order valence-corrected chi connectivity index (χ2v) is 6.73. The first kappa shape index (κ1) is 12.9. The van der Waals surface area contributed by atoms with Gasteiger partial charge in [0.1, 0.15) is 0 Å². The second-order valence-electron chi connectivity index (χ2n) is 3.77. The summed E-state index contributed by atoms with van der Waals surface area (Å²) in [6, 6.07) is 1.44. The lowest BCUT2D eigenvalue weighted by molar-refractivity contribution is 0.307. The smallest absolute Gasteiger partial charge is 0.257 e. The van der Waals surface area contributed by atoms with Gasteiger partial charge in [-0.15, -0.1) is 0 Å². The molecule has 1 fully saturated rings. The van der Waals surface area contributed by atoms with Gasteiger partial charge in [0.05, 0.1) is 6.20 Å². The Kier molecular flexibility index (Phi) is 4.43. The molecule has 96 valence electrons. The normalized spacial score (nSPS) is 18.4. The number of hydrogen-bond acceptors (Lipinski definition) is 5. The number of H-pyrrole nitrogens is 1. The average molecular weight is 276 g/mol. The van der Waals surface area contributed by atoms with Gasteiger partial charge in [0.25, 0.3) is 10.0 Å². The molecule has 1 aliphatic rings. The van der Waals surface area contributed by atoms with E-state index in [9.17, 15) is 8.42 Å². The second kappa shape index (κ2) is 5.85. The van der Waals surface area contributed by atoms with E-state index >= 15 is 0 Å². The van der Waals surface area contributed by atoms with E-state index in [0.717, 1.165) is 31.1 Å². The first-order valence-electron chi connectivity index (χ1n) is 5.47. The number of nitrogens with one attached hydrogen (secondary N) is 2. The van der Waals surface area contributed by atoms with Gasteiger partial charge in [-0.25, -0.2) is 13.1 Å². The average Bonchev–Trinajstić information content (AvgIpc) is 2.84. The van der Waals surface area contributed by atoms with Crippen molar-refractivity contribution >= 4 is 21.8 Å². The predicted octanol–water partition coefficient (Wildman–Crippen LogP) is -0.263. The first-order chi connectivity index (χ1) is 8.18. The van der Waals surface area contributed by atoms with Crippen molar-refractivity contribution in [3.8, 4) is 0 Å². The molecule has 0 unspecified atom stereocenters. The van der Waals surface area contributed by atoms with Crippen LogP contribution in [0.5, 0.6) is 0 Å². The van der Waals surface area contributed by atoms with Crippen LogP contribution in [-0.2, 0) is 10.0 Å². The van der Waals surface area contributed by atoms with Crippen molar-refractivity contribution in [3.63, 3.8) is 0 Å². The van der Waals surface area contributed by atoms with Crippen LogP contribution in [0.15, 0.2) is 17.3 Å². The fourth-order valence-corrected chi connectivity index (χ4v) is 3.54. The summed E-state index contributed by atoms with van der Waals surface area (Å²) in [5.41, 5.74) is 0. The number of thioether (sulfide) groups is 1. The lowest BCUT2D eigenvalue weighted by Gasteiger charge is -2.25. The molecular formula is C9H16N4O2S2. The molecule has 0 aromatic carbocycles. The van der Waals surface area contributed by atoms with Gasteiger partial charge < -0.3 is 4.90 Å². The van der Waals surface area contributed by atoms with E-state index in [1.807, 2.05) is 11.8 Å². The molecule has 2 rings (SSSR count). The summed E-state index contributed by atoms with van der Waals surface area (Å²) < 4.78 is 26.0. The molecule has 0 amide bonds. The number of aromatic amines is 1. The van der Waals surface area contributed by atoms with Crippen LogP contribution in [0.1, 0.15) is 0 Å². The van der Waals surface area contributed by atoms with Crippen LogP contribution in [0.25, 0.3) is 0 Å². The molecule has 0 spiro atoms. The Morgan fingerprint density at radius 2 is 2.24 bits per heavy atom. The summed E-state index contributed by atoms with van der Waals surface area (Å²) in [5, 5.41) is 6.19. The summed E-state index contributed by atoms with van der Waals surface area (Å²) >= 11 is 1.94. The standard InChI is InChI=1S/C9H16N4O2S2/c14-17(15,9-1-2-10-12-9)11-3-4-13-5-7-16-8-6-13/h1-2,11H,3-8H2,(H,10,12).